The third-order valence-electron chi connectivity index (χ3n) is 2.26. The Kier molecular flexibility index (Phi) is 1.34. The van der Waals surface area contributed by atoms with Gasteiger partial charge in [0.1, 0.15) is 5.54 Å². The van der Waals surface area contributed by atoms with Crippen LogP contribution in [0.15, 0.2) is 36.3 Å². The lowest BCUT2D eigenvalue weighted by Crippen LogP contribution is -2.45. The smallest absolute Gasteiger partial charge is 0.179 e. The Hall–Kier alpha value is -1.12. The Morgan fingerprint density at radius 2 is 2.27 bits per heavy atom. The molecule has 0 fully saturated rings. The Morgan fingerprint density at radius 1 is 1.53 bits per heavy atom. The van der Waals surface area contributed by atoms with E-state index in [9.17, 15) is 4.79 Å². The molecule has 3 heteroatoms. The van der Waals surface area contributed by atoms with E-state index < -0.39 is 48.3 Å². The second-order valence-corrected chi connectivity index (χ2v) is 3.62. The molecule has 1 atom stereocenters. The number of carbonyl (C=O) groups is 1. The molecule has 0 bridgehead atoms. The van der Waals surface area contributed by atoms with Gasteiger partial charge in [0.15, 0.2) is 5.78 Å². The van der Waals surface area contributed by atoms with Gasteiger partial charge < -0.3 is 5.73 Å². The summed E-state index contributed by atoms with van der Waals surface area (Å²) in [6.07, 6.45) is -0.249. The van der Waals surface area contributed by atoms with Gasteiger partial charge in [-0.1, -0.05) is 35.8 Å². The van der Waals surface area contributed by atoms with Gasteiger partial charge in [-0.25, -0.2) is 0 Å². The fraction of sp³-hybridized carbons (Fsp3) is 0.250. The van der Waals surface area contributed by atoms with Crippen molar-refractivity contribution >= 4 is 17.4 Å². The Balaban J connectivity index is 2.78. The minimum atomic E-state index is -1.92. The van der Waals surface area contributed by atoms with Crippen molar-refractivity contribution in [2.45, 2.75) is 18.3 Å². The highest BCUT2D eigenvalue weighted by molar-refractivity contribution is 6.31. The lowest BCUT2D eigenvalue weighted by molar-refractivity contribution is -0.120. The van der Waals surface area contributed by atoms with Crippen LogP contribution in [-0.2, 0) is 10.3 Å². The van der Waals surface area contributed by atoms with Gasteiger partial charge in [0.2, 0.25) is 0 Å². The van der Waals surface area contributed by atoms with E-state index in [0.717, 1.165) is 12.2 Å². The minimum absolute atomic E-state index is 0.270. The molecule has 1 unspecified atom stereocenters. The molecule has 0 saturated heterocycles. The fourth-order valence-electron chi connectivity index (χ4n) is 1.41. The van der Waals surface area contributed by atoms with Crippen molar-refractivity contribution in [2.24, 2.45) is 5.73 Å². The van der Waals surface area contributed by atoms with E-state index in [-0.39, 0.29) is 10.6 Å². The number of carbonyl (C=O) groups excluding carboxylic acids is 1. The van der Waals surface area contributed by atoms with Crippen LogP contribution in [0, 0.1) is 0 Å². The normalized spacial score (nSPS) is 34.7. The van der Waals surface area contributed by atoms with Gasteiger partial charge in [0.05, 0.1) is 5.48 Å². The van der Waals surface area contributed by atoms with Crippen molar-refractivity contribution in [3.63, 3.8) is 0 Å². The van der Waals surface area contributed by atoms with Crippen LogP contribution in [0.1, 0.15) is 26.6 Å². The Morgan fingerprint density at radius 3 is 3.07 bits per heavy atom. The summed E-state index contributed by atoms with van der Waals surface area (Å²) in [5.74, 6) is -0.649. The molecule has 0 heterocycles. The van der Waals surface area contributed by atoms with Crippen molar-refractivity contribution in [1.29, 1.82) is 0 Å². The van der Waals surface area contributed by atoms with Gasteiger partial charge in [-0.15, -0.1) is 0 Å². The van der Waals surface area contributed by atoms with Gasteiger partial charge >= 0.3 is 0 Å². The summed E-state index contributed by atoms with van der Waals surface area (Å²) in [4.78, 5) is 12.1. The van der Waals surface area contributed by atoms with Crippen LogP contribution in [-0.4, -0.2) is 5.78 Å². The second kappa shape index (κ2) is 3.80. The number of rotatable bonds is 1. The lowest BCUT2D eigenvalue weighted by Gasteiger charge is -2.30. The molecule has 0 aromatic heterocycles. The molecule has 1 aromatic carbocycles. The molecule has 78 valence electrons. The average Bonchev–Trinajstić information content (AvgIpc) is 2.38. The summed E-state index contributed by atoms with van der Waals surface area (Å²) < 4.78 is 46.2. The molecule has 0 radical (unpaired) electrons. The Bertz CT molecular complexity index is 645. The number of hydrogen-bond donors (Lipinski definition) is 1. The summed E-state index contributed by atoms with van der Waals surface area (Å²) in [6, 6.07) is -2.12. The zero-order chi connectivity index (χ0) is 16.2. The monoisotopic (exact) mass is 227 g/mol. The zero-order valence-electron chi connectivity index (χ0n) is 13.7. The predicted octanol–water partition coefficient (Wildman–Crippen LogP) is 2.41. The van der Waals surface area contributed by atoms with Gasteiger partial charge in [-0.3, -0.25) is 4.79 Å². The topological polar surface area (TPSA) is 43.1 Å². The zero-order valence-corrected chi connectivity index (χ0v) is 8.48. The first kappa shape index (κ1) is 5.28. The van der Waals surface area contributed by atoms with Crippen molar-refractivity contribution < 1.29 is 13.0 Å². The van der Waals surface area contributed by atoms with E-state index in [1.165, 1.54) is 0 Å². The van der Waals surface area contributed by atoms with Crippen molar-refractivity contribution in [3.05, 3.63) is 46.9 Å². The molecule has 2 nitrogen and oxygen atoms in total. The number of halogens is 1. The van der Waals surface area contributed by atoms with Crippen molar-refractivity contribution in [1.82, 2.24) is 0 Å². The van der Waals surface area contributed by atoms with Gasteiger partial charge in [0.25, 0.3) is 0 Å². The summed E-state index contributed by atoms with van der Waals surface area (Å²) in [7, 11) is 0. The lowest BCUT2D eigenvalue weighted by atomic mass is 9.79. The molecule has 1 aromatic rings. The second-order valence-electron chi connectivity index (χ2n) is 3.24. The number of nitrogens with two attached hydrogens (primary N) is 1. The van der Waals surface area contributed by atoms with Gasteiger partial charge in [-0.2, -0.15) is 0 Å². The number of hydrogen-bond acceptors (Lipinski definition) is 2. The highest BCUT2D eigenvalue weighted by Crippen LogP contribution is 2.33. The Labute approximate surface area is 102 Å². The fourth-order valence-corrected chi connectivity index (χ4v) is 1.67. The summed E-state index contributed by atoms with van der Waals surface area (Å²) in [5, 5.41) is -0.358. The van der Waals surface area contributed by atoms with E-state index in [4.69, 9.17) is 25.6 Å². The molecule has 1 aliphatic carbocycles. The van der Waals surface area contributed by atoms with Crippen LogP contribution in [0.4, 0.5) is 0 Å². The maximum atomic E-state index is 12.1. The quantitative estimate of drug-likeness (QED) is 0.801. The van der Waals surface area contributed by atoms with E-state index in [0.29, 0.717) is 0 Å². The molecule has 0 amide bonds. The highest BCUT2D eigenvalue weighted by atomic mass is 35.5. The first-order valence-electron chi connectivity index (χ1n) is 7.30. The number of ketones is 1. The molecule has 0 aliphatic heterocycles. The van der Waals surface area contributed by atoms with E-state index >= 15 is 0 Å². The van der Waals surface area contributed by atoms with E-state index in [1.54, 1.807) is 0 Å². The van der Waals surface area contributed by atoms with Gasteiger partial charge in [-0.05, 0) is 30.5 Å². The van der Waals surface area contributed by atoms with Crippen molar-refractivity contribution in [3.8, 4) is 0 Å². The largest absolute Gasteiger partial charge is 0.315 e. The molecular weight excluding hydrogens is 210 g/mol. The molecule has 0 saturated carbocycles. The van der Waals surface area contributed by atoms with Crippen LogP contribution >= 0.6 is 11.6 Å². The standard InChI is InChI=1S/C12H12ClNO/c13-10-6-2-1-5-9(10)12(14)8-4-3-7-11(12)15/h1-3,5-7H,4,8,14H2/i1D,2D,4D2,5D,6D. The average molecular weight is 228 g/mol. The van der Waals surface area contributed by atoms with E-state index in [2.05, 4.69) is 0 Å². The van der Waals surface area contributed by atoms with Crippen LogP contribution in [0.5, 0.6) is 0 Å². The third-order valence-corrected chi connectivity index (χ3v) is 2.54. The maximum absolute atomic E-state index is 12.1. The maximum Gasteiger partial charge on any atom is 0.179 e. The molecule has 2 rings (SSSR count). The molecule has 0 spiro atoms. The van der Waals surface area contributed by atoms with Crippen LogP contribution < -0.4 is 5.73 Å². The molecular formula is C12H12ClNO. The predicted molar refractivity (Wildman–Crippen MR) is 60.7 cm³/mol. The summed E-state index contributed by atoms with van der Waals surface area (Å²) >= 11 is 5.97. The van der Waals surface area contributed by atoms with E-state index in [1.807, 2.05) is 0 Å². The van der Waals surface area contributed by atoms with Crippen LogP contribution in [0.25, 0.3) is 0 Å². The number of allylic oxidation sites excluding steroid dienone is 1. The SMILES string of the molecule is [2H]c1c([2H])c([2H])c(C2(N)CC([2H])([2H])C=CC2=O)c(Cl)c1[2H]. The molecule has 15 heavy (non-hydrogen) atoms. The minimum Gasteiger partial charge on any atom is -0.315 e. The van der Waals surface area contributed by atoms with Crippen LogP contribution in [0.2, 0.25) is 5.02 Å². The van der Waals surface area contributed by atoms with Gasteiger partial charge in [0, 0.05) is 7.76 Å². The highest BCUT2D eigenvalue weighted by Gasteiger charge is 2.36. The first-order valence-corrected chi connectivity index (χ1v) is 4.68. The molecule has 1 aliphatic rings. The third kappa shape index (κ3) is 1.71. The van der Waals surface area contributed by atoms with Crippen LogP contribution in [0.3, 0.4) is 0 Å². The first-order chi connectivity index (χ1) is 9.51. The molecule has 2 N–H and O–H groups in total. The number of benzene rings is 1. The van der Waals surface area contributed by atoms with Crippen molar-refractivity contribution in [2.75, 3.05) is 0 Å². The summed E-state index contributed by atoms with van der Waals surface area (Å²) in [6.45, 7) is 0. The summed E-state index contributed by atoms with van der Waals surface area (Å²) in [5.41, 5.74) is 3.82.